The predicted octanol–water partition coefficient (Wildman–Crippen LogP) is 2.45. The first kappa shape index (κ1) is 16.7. The van der Waals surface area contributed by atoms with Crippen molar-refractivity contribution in [3.8, 4) is 0 Å². The number of anilines is 1. The molecule has 1 unspecified atom stereocenters. The van der Waals surface area contributed by atoms with Gasteiger partial charge in [-0.15, -0.1) is 0 Å². The van der Waals surface area contributed by atoms with Gasteiger partial charge in [0.1, 0.15) is 0 Å². The quantitative estimate of drug-likeness (QED) is 0.776. The Morgan fingerprint density at radius 1 is 1.14 bits per heavy atom. The third kappa shape index (κ3) is 6.07. The van der Waals surface area contributed by atoms with Gasteiger partial charge in [0.15, 0.2) is 0 Å². The molecule has 1 rings (SSSR count). The van der Waals surface area contributed by atoms with Crippen molar-refractivity contribution < 1.29 is 19.5 Å². The van der Waals surface area contributed by atoms with Gasteiger partial charge in [-0.3, -0.25) is 14.9 Å². The number of aliphatic carboxylic acids is 1. The maximum absolute atomic E-state index is 11.7. The highest BCUT2D eigenvalue weighted by molar-refractivity contribution is 6.01. The molecule has 0 radical (unpaired) electrons. The van der Waals surface area contributed by atoms with Crippen molar-refractivity contribution in [1.29, 1.82) is 0 Å². The Balaban J connectivity index is 2.47. The first-order chi connectivity index (χ1) is 9.77. The second-order valence-corrected chi connectivity index (χ2v) is 5.21. The van der Waals surface area contributed by atoms with Crippen LogP contribution in [0, 0.1) is 19.8 Å². The number of hydrogen-bond acceptors (Lipinski definition) is 3. The number of carboxylic acids is 1. The first-order valence-electron chi connectivity index (χ1n) is 6.67. The number of nitrogens with one attached hydrogen (secondary N) is 2. The van der Waals surface area contributed by atoms with Crippen LogP contribution in [0.5, 0.6) is 0 Å². The van der Waals surface area contributed by atoms with Gasteiger partial charge in [-0.25, -0.2) is 4.79 Å². The maximum Gasteiger partial charge on any atom is 0.325 e. The van der Waals surface area contributed by atoms with E-state index in [0.717, 1.165) is 11.1 Å². The van der Waals surface area contributed by atoms with Crippen molar-refractivity contribution in [1.82, 2.24) is 5.32 Å². The summed E-state index contributed by atoms with van der Waals surface area (Å²) < 4.78 is 0. The molecule has 0 bridgehead atoms. The van der Waals surface area contributed by atoms with Gasteiger partial charge in [-0.05, 0) is 43.0 Å². The minimum Gasteiger partial charge on any atom is -0.481 e. The molecular weight excluding hydrogens is 272 g/mol. The molecule has 0 saturated heterocycles. The topological polar surface area (TPSA) is 95.5 Å². The van der Waals surface area contributed by atoms with Crippen molar-refractivity contribution in [2.75, 3.05) is 5.32 Å². The molecule has 6 heteroatoms. The third-order valence-electron chi connectivity index (χ3n) is 3.07. The summed E-state index contributed by atoms with van der Waals surface area (Å²) in [5.41, 5.74) is 2.75. The van der Waals surface area contributed by atoms with Crippen LogP contribution in [0.1, 0.15) is 30.9 Å². The number of hydrogen-bond donors (Lipinski definition) is 3. The highest BCUT2D eigenvalue weighted by atomic mass is 16.4. The Morgan fingerprint density at radius 2 is 1.81 bits per heavy atom. The smallest absolute Gasteiger partial charge is 0.325 e. The molecule has 114 valence electrons. The van der Waals surface area contributed by atoms with Gasteiger partial charge in [0.25, 0.3) is 0 Å². The molecule has 0 spiro atoms. The molecule has 3 amide bonds. The lowest BCUT2D eigenvalue weighted by atomic mass is 10.0. The molecule has 0 heterocycles. The van der Waals surface area contributed by atoms with E-state index in [9.17, 15) is 14.4 Å². The molecule has 0 aliphatic heterocycles. The zero-order valence-corrected chi connectivity index (χ0v) is 12.4. The van der Waals surface area contributed by atoms with Crippen LogP contribution >= 0.6 is 0 Å². The summed E-state index contributed by atoms with van der Waals surface area (Å²) in [7, 11) is 0. The number of aryl methyl sites for hydroxylation is 2. The number of carbonyl (C=O) groups is 3. The van der Waals surface area contributed by atoms with E-state index in [1.54, 1.807) is 13.0 Å². The SMILES string of the molecule is Cc1ccc(NC(=O)NC(=O)CC(C)CC(=O)O)cc1C. The molecule has 0 aliphatic rings. The standard InChI is InChI=1S/C15H20N2O4/c1-9(7-14(19)20)6-13(18)17-15(21)16-12-5-4-10(2)11(3)8-12/h4-5,8-9H,6-7H2,1-3H3,(H,19,20)(H2,16,17,18,21). The monoisotopic (exact) mass is 292 g/mol. The summed E-state index contributed by atoms with van der Waals surface area (Å²) in [5.74, 6) is -1.78. The summed E-state index contributed by atoms with van der Waals surface area (Å²) in [6, 6.07) is 4.82. The van der Waals surface area contributed by atoms with Crippen LogP contribution in [0.15, 0.2) is 18.2 Å². The van der Waals surface area contributed by atoms with E-state index in [0.29, 0.717) is 5.69 Å². The van der Waals surface area contributed by atoms with Crippen molar-refractivity contribution in [2.24, 2.45) is 5.92 Å². The average molecular weight is 292 g/mol. The van der Waals surface area contributed by atoms with Gasteiger partial charge in [0, 0.05) is 18.5 Å². The van der Waals surface area contributed by atoms with Gasteiger partial charge >= 0.3 is 12.0 Å². The minimum absolute atomic E-state index is 0.00730. The number of amides is 3. The van der Waals surface area contributed by atoms with Gasteiger partial charge < -0.3 is 10.4 Å². The van der Waals surface area contributed by atoms with Gasteiger partial charge in [0.2, 0.25) is 5.91 Å². The zero-order valence-electron chi connectivity index (χ0n) is 12.4. The van der Waals surface area contributed by atoms with Crippen LogP contribution in [0.4, 0.5) is 10.5 Å². The number of carboxylic acid groups (broad SMARTS) is 1. The van der Waals surface area contributed by atoms with Crippen molar-refractivity contribution in [3.63, 3.8) is 0 Å². The minimum atomic E-state index is -0.963. The molecule has 0 saturated carbocycles. The number of benzene rings is 1. The Bertz CT molecular complexity index is 555. The summed E-state index contributed by atoms with van der Waals surface area (Å²) in [6.45, 7) is 5.54. The fourth-order valence-electron chi connectivity index (χ4n) is 1.85. The maximum atomic E-state index is 11.7. The van der Waals surface area contributed by atoms with Gasteiger partial charge in [-0.1, -0.05) is 13.0 Å². The van der Waals surface area contributed by atoms with Crippen molar-refractivity contribution in [3.05, 3.63) is 29.3 Å². The van der Waals surface area contributed by atoms with Crippen LogP contribution in [-0.2, 0) is 9.59 Å². The van der Waals surface area contributed by atoms with Crippen LogP contribution in [0.25, 0.3) is 0 Å². The Hall–Kier alpha value is -2.37. The van der Waals surface area contributed by atoms with E-state index in [2.05, 4.69) is 10.6 Å². The van der Waals surface area contributed by atoms with Gasteiger partial charge in [0.05, 0.1) is 0 Å². The normalized spacial score (nSPS) is 11.6. The summed E-state index contributed by atoms with van der Waals surface area (Å²) in [5, 5.41) is 13.4. The number of imide groups is 1. The summed E-state index contributed by atoms with van der Waals surface area (Å²) in [6.07, 6.45) is -0.112. The first-order valence-corrected chi connectivity index (χ1v) is 6.67. The molecule has 1 atom stereocenters. The van der Waals surface area contributed by atoms with E-state index in [4.69, 9.17) is 5.11 Å². The van der Waals surface area contributed by atoms with Crippen LogP contribution < -0.4 is 10.6 Å². The van der Waals surface area contributed by atoms with E-state index in [-0.39, 0.29) is 18.8 Å². The van der Waals surface area contributed by atoms with E-state index >= 15 is 0 Å². The lowest BCUT2D eigenvalue weighted by Gasteiger charge is -2.10. The van der Waals surface area contributed by atoms with E-state index in [1.165, 1.54) is 0 Å². The third-order valence-corrected chi connectivity index (χ3v) is 3.07. The number of rotatable bonds is 5. The molecular formula is C15H20N2O4. The molecule has 3 N–H and O–H groups in total. The van der Waals surface area contributed by atoms with Crippen LogP contribution in [0.3, 0.4) is 0 Å². The highest BCUT2D eigenvalue weighted by Gasteiger charge is 2.14. The molecule has 1 aromatic rings. The molecule has 21 heavy (non-hydrogen) atoms. The van der Waals surface area contributed by atoms with Crippen LogP contribution in [-0.4, -0.2) is 23.0 Å². The fourth-order valence-corrected chi connectivity index (χ4v) is 1.85. The van der Waals surface area contributed by atoms with E-state index in [1.807, 2.05) is 26.0 Å². The Labute approximate surface area is 123 Å². The molecule has 0 aliphatic carbocycles. The fraction of sp³-hybridized carbons (Fsp3) is 0.400. The van der Waals surface area contributed by atoms with E-state index < -0.39 is 17.9 Å². The summed E-state index contributed by atoms with van der Waals surface area (Å²) >= 11 is 0. The second-order valence-electron chi connectivity index (χ2n) is 5.21. The lowest BCUT2D eigenvalue weighted by molar-refractivity contribution is -0.138. The summed E-state index contributed by atoms with van der Waals surface area (Å²) in [4.78, 5) is 33.8. The average Bonchev–Trinajstić information content (AvgIpc) is 2.32. The number of urea groups is 1. The zero-order chi connectivity index (χ0) is 16.0. The Kier molecular flexibility index (Phi) is 5.90. The molecule has 0 aromatic heterocycles. The largest absolute Gasteiger partial charge is 0.481 e. The van der Waals surface area contributed by atoms with Crippen molar-refractivity contribution >= 4 is 23.6 Å². The Morgan fingerprint density at radius 3 is 2.38 bits per heavy atom. The molecule has 0 fully saturated rings. The predicted molar refractivity (Wildman–Crippen MR) is 79.1 cm³/mol. The number of carbonyl (C=O) groups excluding carboxylic acids is 2. The lowest BCUT2D eigenvalue weighted by Crippen LogP contribution is -2.35. The van der Waals surface area contributed by atoms with Gasteiger partial charge in [-0.2, -0.15) is 0 Å². The molecule has 6 nitrogen and oxygen atoms in total. The molecule has 1 aromatic carbocycles. The van der Waals surface area contributed by atoms with Crippen molar-refractivity contribution in [2.45, 2.75) is 33.6 Å². The van der Waals surface area contributed by atoms with Crippen LogP contribution in [0.2, 0.25) is 0 Å². The highest BCUT2D eigenvalue weighted by Crippen LogP contribution is 2.14. The second kappa shape index (κ2) is 7.42.